The van der Waals surface area contributed by atoms with Crippen molar-refractivity contribution in [3.63, 3.8) is 0 Å². The summed E-state index contributed by atoms with van der Waals surface area (Å²) in [6.07, 6.45) is 3.87. The van der Waals surface area contributed by atoms with Gasteiger partial charge in [-0.2, -0.15) is 5.10 Å². The van der Waals surface area contributed by atoms with Gasteiger partial charge in [0, 0.05) is 24.2 Å². The van der Waals surface area contributed by atoms with Gasteiger partial charge in [-0.25, -0.2) is 4.68 Å². The summed E-state index contributed by atoms with van der Waals surface area (Å²) in [7, 11) is 0. The van der Waals surface area contributed by atoms with Crippen LogP contribution < -0.4 is 15.8 Å². The number of carbonyl (C=O) groups is 2. The Morgan fingerprint density at radius 2 is 1.79 bits per heavy atom. The Labute approximate surface area is 198 Å². The van der Waals surface area contributed by atoms with Crippen LogP contribution in [0, 0.1) is 0 Å². The zero-order valence-electron chi connectivity index (χ0n) is 19.2. The first-order valence-corrected chi connectivity index (χ1v) is 11.9. The Hall–Kier alpha value is -3.74. The molecular weight excluding hydrogens is 428 g/mol. The number of para-hydroxylation sites is 1. The van der Waals surface area contributed by atoms with Crippen LogP contribution in [-0.4, -0.2) is 27.6 Å². The lowest BCUT2D eigenvalue weighted by molar-refractivity contribution is -0.122. The number of aryl methyl sites for hydroxylation is 2. The van der Waals surface area contributed by atoms with E-state index in [2.05, 4.69) is 22.5 Å². The third-order valence-corrected chi connectivity index (χ3v) is 6.77. The van der Waals surface area contributed by atoms with E-state index < -0.39 is 0 Å². The minimum Gasteiger partial charge on any atom is -0.349 e. The number of anilines is 1. The third-order valence-electron chi connectivity index (χ3n) is 6.77. The molecule has 0 radical (unpaired) electrons. The molecule has 3 aromatic rings. The molecule has 7 nitrogen and oxygen atoms in total. The molecule has 2 unspecified atom stereocenters. The summed E-state index contributed by atoms with van der Waals surface area (Å²) >= 11 is 0. The van der Waals surface area contributed by atoms with Gasteiger partial charge in [-0.1, -0.05) is 42.5 Å². The van der Waals surface area contributed by atoms with E-state index in [0.717, 1.165) is 36.9 Å². The van der Waals surface area contributed by atoms with Crippen molar-refractivity contribution in [3.8, 4) is 0 Å². The molecule has 0 spiro atoms. The van der Waals surface area contributed by atoms with Crippen LogP contribution in [-0.2, 0) is 24.2 Å². The number of benzene rings is 2. The maximum absolute atomic E-state index is 13.3. The summed E-state index contributed by atoms with van der Waals surface area (Å²) in [5, 5.41) is 7.42. The van der Waals surface area contributed by atoms with Gasteiger partial charge in [-0.15, -0.1) is 0 Å². The fourth-order valence-electron chi connectivity index (χ4n) is 5.10. The molecule has 2 aromatic carbocycles. The van der Waals surface area contributed by atoms with E-state index in [0.29, 0.717) is 0 Å². The van der Waals surface area contributed by atoms with Crippen LogP contribution in [0.5, 0.6) is 0 Å². The second-order valence-corrected chi connectivity index (χ2v) is 9.10. The molecular formula is C27H28N4O3. The third kappa shape index (κ3) is 4.25. The molecule has 2 atom stereocenters. The molecule has 1 N–H and O–H groups in total. The molecule has 0 saturated heterocycles. The number of amides is 2. The Kier molecular flexibility index (Phi) is 6.01. The van der Waals surface area contributed by atoms with E-state index in [1.165, 1.54) is 27.9 Å². The summed E-state index contributed by atoms with van der Waals surface area (Å²) in [5.41, 5.74) is 4.32. The first kappa shape index (κ1) is 22.1. The van der Waals surface area contributed by atoms with Crippen LogP contribution in [0.25, 0.3) is 0 Å². The number of aromatic nitrogens is 2. The monoisotopic (exact) mass is 456 g/mol. The maximum atomic E-state index is 13.3. The van der Waals surface area contributed by atoms with Crippen molar-refractivity contribution in [1.82, 2.24) is 15.1 Å². The highest BCUT2D eigenvalue weighted by Gasteiger charge is 2.32. The van der Waals surface area contributed by atoms with Crippen molar-refractivity contribution in [1.29, 1.82) is 0 Å². The number of nitrogens with zero attached hydrogens (tertiary/aromatic N) is 3. The highest BCUT2D eigenvalue weighted by molar-refractivity contribution is 6.06. The Morgan fingerprint density at radius 1 is 1.03 bits per heavy atom. The fourth-order valence-corrected chi connectivity index (χ4v) is 5.10. The predicted molar refractivity (Wildman–Crippen MR) is 130 cm³/mol. The average Bonchev–Trinajstić information content (AvgIpc) is 3.19. The summed E-state index contributed by atoms with van der Waals surface area (Å²) in [6, 6.07) is 18.9. The van der Waals surface area contributed by atoms with Crippen LogP contribution in [0.2, 0.25) is 0 Å². The number of carbonyl (C=O) groups excluding carboxylic acids is 2. The number of hydrogen-bond donors (Lipinski definition) is 1. The first-order chi connectivity index (χ1) is 16.5. The molecule has 2 heterocycles. The number of hydrogen-bond acceptors (Lipinski definition) is 4. The molecule has 2 amide bonds. The van der Waals surface area contributed by atoms with Gasteiger partial charge in [0.15, 0.2) is 0 Å². The second-order valence-electron chi connectivity index (χ2n) is 9.10. The first-order valence-electron chi connectivity index (χ1n) is 11.9. The second kappa shape index (κ2) is 9.25. The van der Waals surface area contributed by atoms with Crippen molar-refractivity contribution < 1.29 is 9.59 Å². The molecule has 1 aliphatic carbocycles. The molecule has 2 aliphatic rings. The van der Waals surface area contributed by atoms with Crippen molar-refractivity contribution in [2.75, 3.05) is 4.90 Å². The molecule has 1 aliphatic heterocycles. The molecule has 0 saturated carbocycles. The van der Waals surface area contributed by atoms with Crippen molar-refractivity contribution in [2.45, 2.75) is 57.7 Å². The van der Waals surface area contributed by atoms with E-state index in [1.807, 2.05) is 43.3 Å². The van der Waals surface area contributed by atoms with Gasteiger partial charge < -0.3 is 10.2 Å². The number of nitrogens with one attached hydrogen (secondary N) is 1. The van der Waals surface area contributed by atoms with Crippen LogP contribution in [0.3, 0.4) is 0 Å². The smallest absolute Gasteiger partial charge is 0.278 e. The highest BCUT2D eigenvalue weighted by Crippen LogP contribution is 2.33. The zero-order valence-corrected chi connectivity index (χ0v) is 19.2. The zero-order chi connectivity index (χ0) is 23.7. The van der Waals surface area contributed by atoms with Gasteiger partial charge >= 0.3 is 0 Å². The maximum Gasteiger partial charge on any atom is 0.278 e. The molecule has 34 heavy (non-hydrogen) atoms. The quantitative estimate of drug-likeness (QED) is 0.638. The summed E-state index contributed by atoms with van der Waals surface area (Å²) in [5.74, 6) is -0.372. The lowest BCUT2D eigenvalue weighted by Gasteiger charge is -2.26. The van der Waals surface area contributed by atoms with Gasteiger partial charge in [0.05, 0.1) is 12.6 Å². The average molecular weight is 457 g/mol. The van der Waals surface area contributed by atoms with Gasteiger partial charge in [-0.3, -0.25) is 14.4 Å². The van der Waals surface area contributed by atoms with Crippen LogP contribution in [0.4, 0.5) is 5.69 Å². The van der Waals surface area contributed by atoms with Gasteiger partial charge in [0.25, 0.3) is 11.5 Å². The van der Waals surface area contributed by atoms with E-state index in [9.17, 15) is 14.4 Å². The van der Waals surface area contributed by atoms with Crippen LogP contribution in [0.15, 0.2) is 65.5 Å². The lowest BCUT2D eigenvalue weighted by atomic mass is 9.88. The summed E-state index contributed by atoms with van der Waals surface area (Å²) < 4.78 is 1.22. The van der Waals surface area contributed by atoms with E-state index >= 15 is 0 Å². The highest BCUT2D eigenvalue weighted by atomic mass is 16.2. The number of rotatable bonds is 5. The van der Waals surface area contributed by atoms with Crippen LogP contribution >= 0.6 is 0 Å². The lowest BCUT2D eigenvalue weighted by Crippen LogP contribution is -2.38. The molecule has 5 rings (SSSR count). The van der Waals surface area contributed by atoms with Crippen LogP contribution in [0.1, 0.15) is 59.4 Å². The van der Waals surface area contributed by atoms with E-state index in [1.54, 1.807) is 4.90 Å². The van der Waals surface area contributed by atoms with Gasteiger partial charge in [-0.05, 0) is 61.4 Å². The fraction of sp³-hybridized carbons (Fsp3) is 0.333. The van der Waals surface area contributed by atoms with E-state index in [-0.39, 0.29) is 48.1 Å². The molecule has 1 aromatic heterocycles. The summed E-state index contributed by atoms with van der Waals surface area (Å²) in [6.45, 7) is 2.12. The Balaban J connectivity index is 1.27. The van der Waals surface area contributed by atoms with Crippen molar-refractivity contribution in [3.05, 3.63) is 93.4 Å². The predicted octanol–water partition coefficient (Wildman–Crippen LogP) is 3.42. The molecule has 174 valence electrons. The van der Waals surface area contributed by atoms with Crippen molar-refractivity contribution in [2.24, 2.45) is 0 Å². The number of fused-ring (bicyclic) bond motifs is 2. The largest absolute Gasteiger partial charge is 0.349 e. The molecule has 7 heteroatoms. The van der Waals surface area contributed by atoms with Gasteiger partial charge in [0.1, 0.15) is 5.69 Å². The van der Waals surface area contributed by atoms with Gasteiger partial charge in [0.2, 0.25) is 5.91 Å². The van der Waals surface area contributed by atoms with E-state index in [4.69, 9.17) is 0 Å². The molecule has 0 bridgehead atoms. The Morgan fingerprint density at radius 3 is 2.65 bits per heavy atom. The van der Waals surface area contributed by atoms with Crippen molar-refractivity contribution >= 4 is 17.5 Å². The normalized spacial score (nSPS) is 18.8. The minimum atomic E-state index is -0.331. The standard InChI is InChI=1S/C27H28N4O3/c1-18-17-20-8-3-5-12-24(20)31(18)27(34)23-13-14-26(33)30(29-23)16-15-25(32)28-22-11-6-9-19-7-2-4-10-21(19)22/h2-5,7-8,10,12-14,18,22H,6,9,11,15-17H2,1H3,(H,28,32). The minimum absolute atomic E-state index is 0.00762. The SMILES string of the molecule is CC1Cc2ccccc2N1C(=O)c1ccc(=O)n(CCC(=O)NC2CCCc3ccccc32)n1. The topological polar surface area (TPSA) is 84.3 Å². The Bertz CT molecular complexity index is 1300. The molecule has 0 fully saturated rings. The summed E-state index contributed by atoms with van der Waals surface area (Å²) in [4.78, 5) is 40.1.